The van der Waals surface area contributed by atoms with Crippen LogP contribution in [0.2, 0.25) is 0 Å². The quantitative estimate of drug-likeness (QED) is 0.901. The summed E-state index contributed by atoms with van der Waals surface area (Å²) >= 11 is 0. The summed E-state index contributed by atoms with van der Waals surface area (Å²) in [6, 6.07) is 6.68. The third kappa shape index (κ3) is 5.35. The van der Waals surface area contributed by atoms with Gasteiger partial charge in [-0.2, -0.15) is 0 Å². The van der Waals surface area contributed by atoms with Crippen LogP contribution in [0.4, 0.5) is 16.3 Å². The van der Waals surface area contributed by atoms with E-state index in [-0.39, 0.29) is 5.91 Å². The molecule has 0 aliphatic rings. The van der Waals surface area contributed by atoms with Crippen molar-refractivity contribution in [3.8, 4) is 0 Å². The van der Waals surface area contributed by atoms with Gasteiger partial charge in [0.1, 0.15) is 11.4 Å². The lowest BCUT2D eigenvalue weighted by molar-refractivity contribution is 0.0635. The van der Waals surface area contributed by atoms with Crippen LogP contribution in [-0.4, -0.2) is 27.6 Å². The highest BCUT2D eigenvalue weighted by Crippen LogP contribution is 2.13. The summed E-state index contributed by atoms with van der Waals surface area (Å²) in [5, 5.41) is 5.23. The smallest absolute Gasteiger partial charge is 0.413 e. The molecular formula is C17H20N4O3. The van der Waals surface area contributed by atoms with E-state index < -0.39 is 11.7 Å². The number of anilines is 2. The predicted molar refractivity (Wildman–Crippen MR) is 91.0 cm³/mol. The van der Waals surface area contributed by atoms with Crippen LogP contribution >= 0.6 is 0 Å². The first-order valence-electron chi connectivity index (χ1n) is 7.43. The Morgan fingerprint density at radius 2 is 1.75 bits per heavy atom. The highest BCUT2D eigenvalue weighted by atomic mass is 16.6. The number of pyridine rings is 2. The van der Waals surface area contributed by atoms with E-state index in [2.05, 4.69) is 20.6 Å². The molecule has 0 unspecified atom stereocenters. The monoisotopic (exact) mass is 328 g/mol. The SMILES string of the molecule is Cc1ccc(C(=O)Nc2ccc(NC(=O)OC(C)(C)C)nc2)cn1. The zero-order chi connectivity index (χ0) is 17.7. The van der Waals surface area contributed by atoms with E-state index in [9.17, 15) is 9.59 Å². The highest BCUT2D eigenvalue weighted by molar-refractivity contribution is 6.04. The van der Waals surface area contributed by atoms with Crippen LogP contribution in [-0.2, 0) is 4.74 Å². The van der Waals surface area contributed by atoms with Crippen LogP contribution in [0.5, 0.6) is 0 Å². The molecule has 0 aliphatic heterocycles. The zero-order valence-corrected chi connectivity index (χ0v) is 14.1. The molecule has 0 saturated heterocycles. The van der Waals surface area contributed by atoms with Crippen LogP contribution < -0.4 is 10.6 Å². The van der Waals surface area contributed by atoms with E-state index in [4.69, 9.17) is 4.74 Å². The lowest BCUT2D eigenvalue weighted by atomic mass is 10.2. The fourth-order valence-corrected chi connectivity index (χ4v) is 1.76. The number of ether oxygens (including phenoxy) is 1. The van der Waals surface area contributed by atoms with Gasteiger partial charge in [0.05, 0.1) is 17.4 Å². The minimum absolute atomic E-state index is 0.280. The number of hydrogen-bond acceptors (Lipinski definition) is 5. The Hall–Kier alpha value is -2.96. The molecule has 24 heavy (non-hydrogen) atoms. The van der Waals surface area contributed by atoms with Gasteiger partial charge >= 0.3 is 6.09 Å². The van der Waals surface area contributed by atoms with E-state index in [0.29, 0.717) is 17.1 Å². The van der Waals surface area contributed by atoms with Crippen LogP contribution in [0.3, 0.4) is 0 Å². The van der Waals surface area contributed by atoms with Gasteiger partial charge in [0.15, 0.2) is 0 Å². The van der Waals surface area contributed by atoms with Gasteiger partial charge in [-0.25, -0.2) is 9.78 Å². The van der Waals surface area contributed by atoms with E-state index in [1.165, 1.54) is 12.4 Å². The number of amides is 2. The van der Waals surface area contributed by atoms with Crippen molar-refractivity contribution in [2.75, 3.05) is 10.6 Å². The van der Waals surface area contributed by atoms with Gasteiger partial charge in [0.2, 0.25) is 0 Å². The molecule has 126 valence electrons. The van der Waals surface area contributed by atoms with E-state index in [1.807, 2.05) is 6.92 Å². The molecule has 2 aromatic rings. The van der Waals surface area contributed by atoms with Crippen molar-refractivity contribution in [1.82, 2.24) is 9.97 Å². The number of hydrogen-bond donors (Lipinski definition) is 2. The molecule has 0 spiro atoms. The molecule has 2 amide bonds. The second-order valence-corrected chi connectivity index (χ2v) is 6.20. The summed E-state index contributed by atoms with van der Waals surface area (Å²) in [5.41, 5.74) is 1.22. The first kappa shape index (κ1) is 17.4. The second kappa shape index (κ2) is 7.08. The van der Waals surface area contributed by atoms with Crippen molar-refractivity contribution >= 4 is 23.5 Å². The molecule has 7 nitrogen and oxygen atoms in total. The van der Waals surface area contributed by atoms with E-state index in [0.717, 1.165) is 5.69 Å². The number of nitrogens with one attached hydrogen (secondary N) is 2. The van der Waals surface area contributed by atoms with Gasteiger partial charge in [-0.1, -0.05) is 0 Å². The Kier molecular flexibility index (Phi) is 5.13. The molecule has 7 heteroatoms. The van der Waals surface area contributed by atoms with Crippen molar-refractivity contribution in [2.24, 2.45) is 0 Å². The minimum Gasteiger partial charge on any atom is -0.444 e. The van der Waals surface area contributed by atoms with Crippen molar-refractivity contribution < 1.29 is 14.3 Å². The lowest BCUT2D eigenvalue weighted by Crippen LogP contribution is -2.27. The Morgan fingerprint density at radius 1 is 1.00 bits per heavy atom. The first-order valence-corrected chi connectivity index (χ1v) is 7.43. The third-order valence-corrected chi connectivity index (χ3v) is 2.82. The van der Waals surface area contributed by atoms with Crippen molar-refractivity contribution in [1.29, 1.82) is 0 Å². The van der Waals surface area contributed by atoms with E-state index >= 15 is 0 Å². The molecule has 0 atom stereocenters. The third-order valence-electron chi connectivity index (χ3n) is 2.82. The lowest BCUT2D eigenvalue weighted by Gasteiger charge is -2.19. The topological polar surface area (TPSA) is 93.2 Å². The maximum Gasteiger partial charge on any atom is 0.413 e. The average molecular weight is 328 g/mol. The molecule has 2 heterocycles. The van der Waals surface area contributed by atoms with Gasteiger partial charge < -0.3 is 10.1 Å². The van der Waals surface area contributed by atoms with Gasteiger partial charge in [-0.05, 0) is 52.0 Å². The summed E-state index contributed by atoms with van der Waals surface area (Å²) in [4.78, 5) is 31.9. The zero-order valence-electron chi connectivity index (χ0n) is 14.1. The van der Waals surface area contributed by atoms with Crippen LogP contribution in [0.25, 0.3) is 0 Å². The minimum atomic E-state index is -0.586. The standard InChI is InChI=1S/C17H20N4O3/c1-11-5-6-12(9-18-11)15(22)20-13-7-8-14(19-10-13)21-16(23)24-17(2,3)4/h5-10H,1-4H3,(H,20,22)(H,19,21,23). The summed E-state index contributed by atoms with van der Waals surface area (Å²) in [6.07, 6.45) is 2.38. The summed E-state index contributed by atoms with van der Waals surface area (Å²) in [6.45, 7) is 7.18. The average Bonchev–Trinajstić information content (AvgIpc) is 2.48. The Labute approximate surface area is 140 Å². The molecule has 0 saturated carbocycles. The molecule has 0 bridgehead atoms. The number of carbonyl (C=O) groups excluding carboxylic acids is 2. The summed E-state index contributed by atoms with van der Waals surface area (Å²) in [5.74, 6) is 0.0522. The molecule has 2 rings (SSSR count). The summed E-state index contributed by atoms with van der Waals surface area (Å²) < 4.78 is 5.14. The molecule has 0 aliphatic carbocycles. The number of carbonyl (C=O) groups is 2. The van der Waals surface area contributed by atoms with Crippen LogP contribution in [0.1, 0.15) is 36.8 Å². The molecule has 2 N–H and O–H groups in total. The summed E-state index contributed by atoms with van der Waals surface area (Å²) in [7, 11) is 0. The molecule has 2 aromatic heterocycles. The van der Waals surface area contributed by atoms with Crippen molar-refractivity contribution in [2.45, 2.75) is 33.3 Å². The largest absolute Gasteiger partial charge is 0.444 e. The normalized spacial score (nSPS) is 10.8. The number of nitrogens with zero attached hydrogens (tertiary/aromatic N) is 2. The van der Waals surface area contributed by atoms with Gasteiger partial charge in [0.25, 0.3) is 5.91 Å². The number of aryl methyl sites for hydroxylation is 1. The van der Waals surface area contributed by atoms with Gasteiger partial charge in [0, 0.05) is 11.9 Å². The fraction of sp³-hybridized carbons (Fsp3) is 0.294. The van der Waals surface area contributed by atoms with E-state index in [1.54, 1.807) is 45.0 Å². The first-order chi connectivity index (χ1) is 11.2. The van der Waals surface area contributed by atoms with Crippen molar-refractivity contribution in [3.05, 3.63) is 47.9 Å². The molecule has 0 fully saturated rings. The predicted octanol–water partition coefficient (Wildman–Crippen LogP) is 3.38. The number of rotatable bonds is 3. The highest BCUT2D eigenvalue weighted by Gasteiger charge is 2.16. The van der Waals surface area contributed by atoms with Gasteiger partial charge in [-0.3, -0.25) is 15.1 Å². The molecule has 0 radical (unpaired) electrons. The second-order valence-electron chi connectivity index (χ2n) is 6.20. The maximum absolute atomic E-state index is 12.1. The number of aromatic nitrogens is 2. The van der Waals surface area contributed by atoms with Gasteiger partial charge in [-0.15, -0.1) is 0 Å². The fourth-order valence-electron chi connectivity index (χ4n) is 1.76. The van der Waals surface area contributed by atoms with Crippen LogP contribution in [0.15, 0.2) is 36.7 Å². The molecule has 0 aromatic carbocycles. The Morgan fingerprint density at radius 3 is 2.29 bits per heavy atom. The Balaban J connectivity index is 1.95. The maximum atomic E-state index is 12.1. The Bertz CT molecular complexity index is 719. The molecular weight excluding hydrogens is 308 g/mol. The van der Waals surface area contributed by atoms with Crippen LogP contribution in [0, 0.1) is 6.92 Å². The van der Waals surface area contributed by atoms with Crippen molar-refractivity contribution in [3.63, 3.8) is 0 Å².